The third-order valence-corrected chi connectivity index (χ3v) is 10.9. The largest absolute Gasteiger partial charge is 0.278 e. The van der Waals surface area contributed by atoms with Gasteiger partial charge >= 0.3 is 0 Å². The van der Waals surface area contributed by atoms with Crippen LogP contribution < -0.4 is 0 Å². The number of benzene rings is 8. The Morgan fingerprint density at radius 2 is 1.00 bits per heavy atom. The molecule has 0 fully saturated rings. The van der Waals surface area contributed by atoms with Crippen LogP contribution in [0, 0.1) is 0 Å². The van der Waals surface area contributed by atoms with E-state index < -0.39 is 160 Å². The van der Waals surface area contributed by atoms with Crippen LogP contribution in [-0.2, 0) is 0 Å². The van der Waals surface area contributed by atoms with Gasteiger partial charge in [0.2, 0.25) is 11.9 Å². The Labute approximate surface area is 359 Å². The standard InChI is InChI=1S/C51H31N5S/c1-2-14-32(15-3-1)33-28-29-40-39-20-6-10-25-44(39)56(45(40)31-33)51-53-49(52-50(54-51)55-42-23-8-4-18-37(42)38-19-5-9-24-43(38)55)35-17-12-16-34(30-35)36-22-13-27-47-48(36)41-21-7-11-26-46(41)57-47/h1-31H/i1D,2D,3D,4D,5D,6D,8D,9D,10D,14D,15D,18D,19D,20D,23D,24D,25D,28D,29D,31D. The Morgan fingerprint density at radius 3 is 1.72 bits per heavy atom. The van der Waals surface area contributed by atoms with E-state index in [9.17, 15) is 9.60 Å². The zero-order valence-corrected chi connectivity index (χ0v) is 29.8. The summed E-state index contributed by atoms with van der Waals surface area (Å²) in [5.74, 6) is -1.35. The Kier molecular flexibility index (Phi) is 3.97. The van der Waals surface area contributed by atoms with Crippen molar-refractivity contribution in [3.05, 3.63) is 188 Å². The fourth-order valence-corrected chi connectivity index (χ4v) is 8.49. The third-order valence-electron chi connectivity index (χ3n) is 9.79. The first-order valence-electron chi connectivity index (χ1n) is 27.5. The molecular weight excluding hydrogens is 715 g/mol. The third kappa shape index (κ3) is 4.98. The van der Waals surface area contributed by atoms with Gasteiger partial charge in [0.15, 0.2) is 5.82 Å². The number of thiophene rings is 1. The number of hydrogen-bond acceptors (Lipinski definition) is 4. The fourth-order valence-electron chi connectivity index (χ4n) is 7.36. The molecule has 4 heterocycles. The van der Waals surface area contributed by atoms with Crippen molar-refractivity contribution in [1.82, 2.24) is 24.1 Å². The van der Waals surface area contributed by atoms with E-state index in [4.69, 9.17) is 32.8 Å². The first-order chi connectivity index (χ1) is 36.6. The van der Waals surface area contributed by atoms with Gasteiger partial charge < -0.3 is 0 Å². The van der Waals surface area contributed by atoms with E-state index in [0.717, 1.165) is 34.9 Å². The van der Waals surface area contributed by atoms with Crippen LogP contribution in [-0.4, -0.2) is 24.1 Å². The van der Waals surface area contributed by atoms with Gasteiger partial charge in [0.1, 0.15) is 0 Å². The molecule has 4 aromatic heterocycles. The number of rotatable bonds is 5. The van der Waals surface area contributed by atoms with E-state index in [1.54, 1.807) is 29.5 Å². The van der Waals surface area contributed by atoms with Crippen LogP contribution in [0.3, 0.4) is 0 Å². The maximum atomic E-state index is 9.90. The van der Waals surface area contributed by atoms with Crippen LogP contribution in [0.1, 0.15) is 27.4 Å². The molecule has 0 atom stereocenters. The van der Waals surface area contributed by atoms with Gasteiger partial charge in [0.25, 0.3) is 0 Å². The van der Waals surface area contributed by atoms with Gasteiger partial charge in [-0.25, -0.2) is 0 Å². The van der Waals surface area contributed by atoms with Gasteiger partial charge in [-0.1, -0.05) is 145 Å². The SMILES string of the molecule is [2H]c1c([2H])c([2H])c(-c2c([2H])c([2H])c3c4c([2H])c([2H])c([2H])c([2H])c4n(-c4nc(-c5cccc(-c6cccc7sc8ccccc8c67)c5)nc(-n5c6c([2H])c([2H])c([2H])c([2H])c6c6c([2H])c([2H])c([2H])c([2H])c65)n4)c3c2[2H])c([2H])c1[2H]. The summed E-state index contributed by atoms with van der Waals surface area (Å²) in [6.07, 6.45) is 0. The highest BCUT2D eigenvalue weighted by molar-refractivity contribution is 7.25. The Balaban J connectivity index is 1.29. The molecule has 0 saturated carbocycles. The van der Waals surface area contributed by atoms with Crippen molar-refractivity contribution >= 4 is 75.1 Å². The number of fused-ring (bicyclic) bond motifs is 9. The lowest BCUT2D eigenvalue weighted by atomic mass is 9.98. The summed E-state index contributed by atoms with van der Waals surface area (Å²) in [6, 6.07) is 5.73. The van der Waals surface area contributed by atoms with Crippen LogP contribution in [0.2, 0.25) is 0 Å². The number of para-hydroxylation sites is 3. The maximum Gasteiger partial charge on any atom is 0.240 e. The second kappa shape index (κ2) is 12.6. The lowest BCUT2D eigenvalue weighted by molar-refractivity contribution is 0.893. The Bertz CT molecular complexity index is 4610. The zero-order chi connectivity index (χ0) is 54.9. The first-order valence-corrected chi connectivity index (χ1v) is 18.3. The molecule has 57 heavy (non-hydrogen) atoms. The highest BCUT2D eigenvalue weighted by atomic mass is 32.1. The van der Waals surface area contributed by atoms with Gasteiger partial charge in [0, 0.05) is 47.3 Å². The molecule has 0 saturated heterocycles. The summed E-state index contributed by atoms with van der Waals surface area (Å²) in [7, 11) is 0. The summed E-state index contributed by atoms with van der Waals surface area (Å²) in [5, 5.41) is 0.529. The lowest BCUT2D eigenvalue weighted by Crippen LogP contribution is -2.10. The normalized spacial score (nSPS) is 16.8. The second-order valence-electron chi connectivity index (χ2n) is 12.9. The van der Waals surface area contributed by atoms with E-state index in [0.29, 0.717) is 5.56 Å². The fraction of sp³-hybridized carbons (Fsp3) is 0. The second-order valence-corrected chi connectivity index (χ2v) is 14.0. The van der Waals surface area contributed by atoms with Crippen LogP contribution in [0.15, 0.2) is 188 Å². The van der Waals surface area contributed by atoms with Crippen molar-refractivity contribution in [2.45, 2.75) is 0 Å². The highest BCUT2D eigenvalue weighted by Gasteiger charge is 2.21. The summed E-state index contributed by atoms with van der Waals surface area (Å²) < 4.78 is 184. The minimum atomic E-state index is -0.820. The van der Waals surface area contributed by atoms with Gasteiger partial charge in [-0.3, -0.25) is 9.13 Å². The molecule has 0 unspecified atom stereocenters. The van der Waals surface area contributed by atoms with Crippen molar-refractivity contribution in [3.63, 3.8) is 0 Å². The zero-order valence-electron chi connectivity index (χ0n) is 49.0. The smallest absolute Gasteiger partial charge is 0.240 e. The van der Waals surface area contributed by atoms with Crippen molar-refractivity contribution in [2.24, 2.45) is 0 Å². The van der Waals surface area contributed by atoms with Gasteiger partial charge in [-0.15, -0.1) is 11.3 Å². The molecule has 0 aliphatic rings. The van der Waals surface area contributed by atoms with E-state index in [-0.39, 0.29) is 38.6 Å². The van der Waals surface area contributed by atoms with Crippen LogP contribution in [0.25, 0.3) is 109 Å². The van der Waals surface area contributed by atoms with Gasteiger partial charge in [-0.2, -0.15) is 15.0 Å². The monoisotopic (exact) mass is 765 g/mol. The van der Waals surface area contributed by atoms with Crippen LogP contribution in [0.5, 0.6) is 0 Å². The molecule has 8 aromatic carbocycles. The van der Waals surface area contributed by atoms with Gasteiger partial charge in [-0.05, 0) is 64.6 Å². The predicted molar refractivity (Wildman–Crippen MR) is 238 cm³/mol. The van der Waals surface area contributed by atoms with E-state index >= 15 is 0 Å². The maximum absolute atomic E-state index is 9.90. The molecule has 266 valence electrons. The van der Waals surface area contributed by atoms with E-state index in [2.05, 4.69) is 0 Å². The number of nitrogens with zero attached hydrogens (tertiary/aromatic N) is 5. The van der Waals surface area contributed by atoms with E-state index in [1.807, 2.05) is 48.5 Å². The Hall–Kier alpha value is -7.41. The van der Waals surface area contributed by atoms with Crippen LogP contribution in [0.4, 0.5) is 0 Å². The Morgan fingerprint density at radius 1 is 0.421 bits per heavy atom. The molecule has 0 radical (unpaired) electrons. The molecule has 6 heteroatoms. The van der Waals surface area contributed by atoms with Crippen LogP contribution >= 0.6 is 11.3 Å². The molecule has 5 nitrogen and oxygen atoms in total. The minimum absolute atomic E-state index is 0.220. The molecular formula is C51H31N5S. The number of hydrogen-bond donors (Lipinski definition) is 0. The molecule has 12 aromatic rings. The quantitative estimate of drug-likeness (QED) is 0.175. The number of aromatic nitrogens is 5. The summed E-state index contributed by atoms with van der Waals surface area (Å²) in [6.45, 7) is 0. The highest BCUT2D eigenvalue weighted by Crippen LogP contribution is 2.41. The van der Waals surface area contributed by atoms with Gasteiger partial charge in [0.05, 0.1) is 49.5 Å². The molecule has 12 rings (SSSR count). The molecule has 0 N–H and O–H groups in total. The first kappa shape index (κ1) is 18.0. The summed E-state index contributed by atoms with van der Waals surface area (Å²) >= 11 is 1.61. The average Bonchev–Trinajstić information content (AvgIpc) is 4.14. The molecule has 0 spiro atoms. The van der Waals surface area contributed by atoms with Crippen molar-refractivity contribution in [3.8, 4) is 45.5 Å². The average molecular weight is 766 g/mol. The van der Waals surface area contributed by atoms with Crippen molar-refractivity contribution < 1.29 is 27.4 Å². The summed E-state index contributed by atoms with van der Waals surface area (Å²) in [4.78, 5) is 14.6. The van der Waals surface area contributed by atoms with E-state index in [1.165, 1.54) is 0 Å². The molecule has 0 bridgehead atoms. The van der Waals surface area contributed by atoms with Crippen molar-refractivity contribution in [2.75, 3.05) is 0 Å². The minimum Gasteiger partial charge on any atom is -0.278 e. The topological polar surface area (TPSA) is 48.5 Å². The molecule has 0 amide bonds. The summed E-state index contributed by atoms with van der Waals surface area (Å²) in [5.41, 5.74) is -1.20. The lowest BCUT2D eigenvalue weighted by Gasteiger charge is -2.13. The molecule has 0 aliphatic heterocycles. The van der Waals surface area contributed by atoms with Crippen molar-refractivity contribution in [1.29, 1.82) is 0 Å². The molecule has 0 aliphatic carbocycles. The predicted octanol–water partition coefficient (Wildman–Crippen LogP) is 13.4.